The van der Waals surface area contributed by atoms with Gasteiger partial charge in [0.2, 0.25) is 0 Å². The Morgan fingerprint density at radius 1 is 0.545 bits per heavy atom. The zero-order chi connectivity index (χ0) is 14.2. The van der Waals surface area contributed by atoms with Crippen molar-refractivity contribution in [2.24, 2.45) is 0 Å². The maximum absolute atomic E-state index is 10.4. The average Bonchev–Trinajstić information content (AvgIpc) is 2.54. The van der Waals surface area contributed by atoms with Crippen molar-refractivity contribution in [2.75, 3.05) is 0 Å². The fourth-order valence-corrected chi connectivity index (χ4v) is 2.99. The summed E-state index contributed by atoms with van der Waals surface area (Å²) < 4.78 is 0. The average molecular weight is 336 g/mol. The molecule has 0 fully saturated rings. The maximum Gasteiger partial charge on any atom is 0.124 e. The molecule has 22 heavy (non-hydrogen) atoms. The van der Waals surface area contributed by atoms with Crippen molar-refractivity contribution in [3.05, 3.63) is 78.9 Å². The fraction of sp³-hybridized carbons (Fsp3) is 0. The van der Waals surface area contributed by atoms with E-state index in [0.717, 1.165) is 27.3 Å². The van der Waals surface area contributed by atoms with Gasteiger partial charge in [-0.15, -0.1) is 0 Å². The van der Waals surface area contributed by atoms with E-state index in [-0.39, 0.29) is 19.5 Å². The van der Waals surface area contributed by atoms with Crippen molar-refractivity contribution in [3.63, 3.8) is 0 Å². The third-order valence-electron chi connectivity index (χ3n) is 3.97. The summed E-state index contributed by atoms with van der Waals surface area (Å²) >= 11 is 0. The second kappa shape index (κ2) is 5.90. The smallest absolute Gasteiger partial charge is 0.124 e. The van der Waals surface area contributed by atoms with Crippen molar-refractivity contribution in [3.8, 4) is 16.9 Å². The molecule has 4 aromatic carbocycles. The Morgan fingerprint density at radius 2 is 1.14 bits per heavy atom. The molecule has 0 aliphatic carbocycles. The van der Waals surface area contributed by atoms with Crippen molar-refractivity contribution in [2.45, 2.75) is 0 Å². The van der Waals surface area contributed by atoms with Gasteiger partial charge in [-0.2, -0.15) is 0 Å². The zero-order valence-electron chi connectivity index (χ0n) is 12.2. The van der Waals surface area contributed by atoms with Gasteiger partial charge in [0.25, 0.3) is 0 Å². The number of aromatic hydroxyl groups is 1. The minimum absolute atomic E-state index is 0. The molecule has 2 heteroatoms. The molecule has 102 valence electrons. The minimum Gasteiger partial charge on any atom is -0.507 e. The molecule has 0 spiro atoms. The van der Waals surface area contributed by atoms with E-state index in [1.807, 2.05) is 36.4 Å². The fourth-order valence-electron chi connectivity index (χ4n) is 2.99. The van der Waals surface area contributed by atoms with E-state index in [4.69, 9.17) is 0 Å². The topological polar surface area (TPSA) is 20.2 Å². The second-order valence-electron chi connectivity index (χ2n) is 5.21. The van der Waals surface area contributed by atoms with Gasteiger partial charge in [0.05, 0.1) is 0 Å². The quantitative estimate of drug-likeness (QED) is 0.464. The summed E-state index contributed by atoms with van der Waals surface area (Å²) in [6.45, 7) is 0. The third kappa shape index (κ3) is 2.30. The number of benzene rings is 4. The Balaban J connectivity index is 0.00000144. The van der Waals surface area contributed by atoms with Crippen LogP contribution in [0.15, 0.2) is 78.9 Å². The number of fused-ring (bicyclic) bond motifs is 2. The Hall–Kier alpha value is -2.18. The first-order valence-electron chi connectivity index (χ1n) is 7.03. The van der Waals surface area contributed by atoms with Gasteiger partial charge in [-0.3, -0.25) is 0 Å². The van der Waals surface area contributed by atoms with Crippen LogP contribution in [0.4, 0.5) is 0 Å². The van der Waals surface area contributed by atoms with Crippen LogP contribution in [0.5, 0.6) is 5.75 Å². The van der Waals surface area contributed by atoms with E-state index in [2.05, 4.69) is 36.4 Å². The first-order chi connectivity index (χ1) is 10.3. The van der Waals surface area contributed by atoms with E-state index in [9.17, 15) is 5.11 Å². The summed E-state index contributed by atoms with van der Waals surface area (Å²) in [5.74, 6) is 0.324. The van der Waals surface area contributed by atoms with Crippen LogP contribution < -0.4 is 0 Å². The normalized spacial score (nSPS) is 10.5. The molecule has 0 aromatic heterocycles. The largest absolute Gasteiger partial charge is 0.507 e. The second-order valence-corrected chi connectivity index (χ2v) is 5.21. The van der Waals surface area contributed by atoms with Crippen LogP contribution in [0, 0.1) is 0 Å². The molecule has 1 nitrogen and oxygen atoms in total. The summed E-state index contributed by atoms with van der Waals surface area (Å²) in [6.07, 6.45) is 0. The summed E-state index contributed by atoms with van der Waals surface area (Å²) in [4.78, 5) is 0. The molecule has 0 heterocycles. The molecule has 0 bridgehead atoms. The van der Waals surface area contributed by atoms with Gasteiger partial charge in [-0.25, -0.2) is 0 Å². The summed E-state index contributed by atoms with van der Waals surface area (Å²) in [5, 5.41) is 15.0. The number of hydrogen-bond acceptors (Lipinski definition) is 1. The molecule has 0 aliphatic heterocycles. The molecule has 0 amide bonds. The van der Waals surface area contributed by atoms with Gasteiger partial charge in [0.15, 0.2) is 0 Å². The molecule has 4 rings (SSSR count). The molecule has 0 radical (unpaired) electrons. The first-order valence-corrected chi connectivity index (χ1v) is 7.03. The molecular weight excluding hydrogens is 322 g/mol. The SMILES string of the molecule is Oc1ccc2ccccc2c1-c1cccc2ccccc12.[Zn]. The van der Waals surface area contributed by atoms with E-state index >= 15 is 0 Å². The Labute approximate surface area is 142 Å². The van der Waals surface area contributed by atoms with E-state index in [0.29, 0.717) is 5.75 Å². The van der Waals surface area contributed by atoms with Gasteiger partial charge in [-0.05, 0) is 33.2 Å². The van der Waals surface area contributed by atoms with Crippen LogP contribution in [0.1, 0.15) is 0 Å². The van der Waals surface area contributed by atoms with Gasteiger partial charge < -0.3 is 5.11 Å². The molecule has 0 saturated heterocycles. The van der Waals surface area contributed by atoms with Crippen molar-refractivity contribution < 1.29 is 24.6 Å². The molecule has 0 atom stereocenters. The van der Waals surface area contributed by atoms with Crippen LogP contribution in [0.3, 0.4) is 0 Å². The van der Waals surface area contributed by atoms with Gasteiger partial charge in [0.1, 0.15) is 5.75 Å². The summed E-state index contributed by atoms with van der Waals surface area (Å²) in [6, 6.07) is 26.4. The molecule has 0 unspecified atom stereocenters. The van der Waals surface area contributed by atoms with Gasteiger partial charge in [-0.1, -0.05) is 72.8 Å². The van der Waals surface area contributed by atoms with Crippen LogP contribution in [0.2, 0.25) is 0 Å². The Bertz CT molecular complexity index is 955. The zero-order valence-corrected chi connectivity index (χ0v) is 15.1. The molecule has 4 aromatic rings. The van der Waals surface area contributed by atoms with E-state index in [1.165, 1.54) is 5.39 Å². The number of hydrogen-bond donors (Lipinski definition) is 1. The Morgan fingerprint density at radius 3 is 1.91 bits per heavy atom. The van der Waals surface area contributed by atoms with Gasteiger partial charge in [0, 0.05) is 25.0 Å². The number of phenolic OH excluding ortho intramolecular Hbond substituents is 1. The minimum atomic E-state index is 0. The van der Waals surface area contributed by atoms with Crippen molar-refractivity contribution >= 4 is 21.5 Å². The summed E-state index contributed by atoms with van der Waals surface area (Å²) in [5.41, 5.74) is 1.98. The van der Waals surface area contributed by atoms with Crippen LogP contribution in [-0.4, -0.2) is 5.11 Å². The van der Waals surface area contributed by atoms with Crippen LogP contribution >= 0.6 is 0 Å². The Kier molecular flexibility index (Phi) is 3.96. The predicted molar refractivity (Wildman–Crippen MR) is 88.6 cm³/mol. The van der Waals surface area contributed by atoms with Gasteiger partial charge >= 0.3 is 0 Å². The first kappa shape index (κ1) is 14.7. The van der Waals surface area contributed by atoms with Crippen LogP contribution in [0.25, 0.3) is 32.7 Å². The van der Waals surface area contributed by atoms with E-state index in [1.54, 1.807) is 6.07 Å². The third-order valence-corrected chi connectivity index (χ3v) is 3.97. The number of rotatable bonds is 1. The van der Waals surface area contributed by atoms with Crippen LogP contribution in [-0.2, 0) is 19.5 Å². The summed E-state index contributed by atoms with van der Waals surface area (Å²) in [7, 11) is 0. The van der Waals surface area contributed by atoms with Crippen molar-refractivity contribution in [1.29, 1.82) is 0 Å². The molecule has 0 saturated carbocycles. The van der Waals surface area contributed by atoms with E-state index < -0.39 is 0 Å². The predicted octanol–water partition coefficient (Wildman–Crippen LogP) is 5.36. The van der Waals surface area contributed by atoms with Crippen molar-refractivity contribution in [1.82, 2.24) is 0 Å². The monoisotopic (exact) mass is 334 g/mol. The molecule has 0 aliphatic rings. The molecular formula is C20H14OZn. The standard InChI is InChI=1S/C20H14O.Zn/c21-19-13-12-15-7-2-4-10-17(15)20(19)18-11-5-8-14-6-1-3-9-16(14)18;/h1-13,21H;. The maximum atomic E-state index is 10.4. The molecule has 1 N–H and O–H groups in total. The number of phenols is 1.